The van der Waals surface area contributed by atoms with Crippen LogP contribution in [0.2, 0.25) is 0 Å². The standard InChI is InChI=1S/C19H24N4O3/c24-11-10-22-7-3-5-19(18(22)26)6-9-21(14-19)13-15-12-17(25)23-8-2-1-4-16(23)20-15/h1-2,4,8,12,24H,3,5-7,9-11,13-14H2/t19-/m0/s1. The van der Waals surface area contributed by atoms with E-state index >= 15 is 0 Å². The van der Waals surface area contributed by atoms with Gasteiger partial charge in [0.2, 0.25) is 5.91 Å². The summed E-state index contributed by atoms with van der Waals surface area (Å²) in [5, 5.41) is 9.18. The number of likely N-dealkylation sites (tertiary alicyclic amines) is 2. The molecule has 0 bridgehead atoms. The van der Waals surface area contributed by atoms with Crippen molar-refractivity contribution in [2.45, 2.75) is 25.8 Å². The Morgan fingerprint density at radius 2 is 2.08 bits per heavy atom. The lowest BCUT2D eigenvalue weighted by atomic mass is 9.78. The van der Waals surface area contributed by atoms with E-state index < -0.39 is 0 Å². The number of piperidine rings is 1. The minimum absolute atomic E-state index is 0.0104. The monoisotopic (exact) mass is 356 g/mol. The van der Waals surface area contributed by atoms with Crippen LogP contribution in [0.4, 0.5) is 0 Å². The number of aliphatic hydroxyl groups excluding tert-OH is 1. The van der Waals surface area contributed by atoms with Crippen LogP contribution in [0.5, 0.6) is 0 Å². The van der Waals surface area contributed by atoms with Crippen LogP contribution in [0.25, 0.3) is 5.65 Å². The Morgan fingerprint density at radius 1 is 1.19 bits per heavy atom. The van der Waals surface area contributed by atoms with Crippen LogP contribution in [0.3, 0.4) is 0 Å². The van der Waals surface area contributed by atoms with Crippen LogP contribution in [0.1, 0.15) is 25.0 Å². The zero-order chi connectivity index (χ0) is 18.1. The summed E-state index contributed by atoms with van der Waals surface area (Å²) in [6.45, 7) is 3.28. The summed E-state index contributed by atoms with van der Waals surface area (Å²) in [5.74, 6) is 0.173. The van der Waals surface area contributed by atoms with Crippen LogP contribution in [0.15, 0.2) is 35.3 Å². The molecule has 0 unspecified atom stereocenters. The normalized spacial score (nSPS) is 24.0. The van der Waals surface area contributed by atoms with Crippen molar-refractivity contribution in [1.82, 2.24) is 19.2 Å². The summed E-state index contributed by atoms with van der Waals surface area (Å²) in [6.07, 6.45) is 4.43. The van der Waals surface area contributed by atoms with Gasteiger partial charge in [0.15, 0.2) is 0 Å². The Labute approximate surface area is 151 Å². The fraction of sp³-hybridized carbons (Fsp3) is 0.526. The number of aliphatic hydroxyl groups is 1. The highest BCUT2D eigenvalue weighted by Crippen LogP contribution is 2.40. The van der Waals surface area contributed by atoms with E-state index in [2.05, 4.69) is 9.88 Å². The zero-order valence-electron chi connectivity index (χ0n) is 14.8. The third kappa shape index (κ3) is 3.01. The molecular weight excluding hydrogens is 332 g/mol. The molecule has 2 saturated heterocycles. The van der Waals surface area contributed by atoms with Crippen molar-refractivity contribution in [2.24, 2.45) is 5.41 Å². The Balaban J connectivity index is 1.51. The van der Waals surface area contributed by atoms with Crippen molar-refractivity contribution >= 4 is 11.6 Å². The van der Waals surface area contributed by atoms with Crippen LogP contribution in [0, 0.1) is 5.41 Å². The second-order valence-electron chi connectivity index (χ2n) is 7.37. The molecular formula is C19H24N4O3. The molecule has 7 heteroatoms. The molecule has 4 rings (SSSR count). The third-order valence-electron chi connectivity index (χ3n) is 5.64. The van der Waals surface area contributed by atoms with Gasteiger partial charge in [-0.1, -0.05) is 6.07 Å². The molecule has 138 valence electrons. The summed E-state index contributed by atoms with van der Waals surface area (Å²) in [7, 11) is 0. The Bertz CT molecular complexity index is 878. The highest BCUT2D eigenvalue weighted by atomic mass is 16.3. The lowest BCUT2D eigenvalue weighted by Crippen LogP contribution is -2.50. The maximum atomic E-state index is 12.9. The summed E-state index contributed by atoms with van der Waals surface area (Å²) in [6, 6.07) is 7.09. The van der Waals surface area contributed by atoms with E-state index in [0.717, 1.165) is 38.0 Å². The highest BCUT2D eigenvalue weighted by molar-refractivity contribution is 5.84. The fourth-order valence-electron chi connectivity index (χ4n) is 4.37. The van der Waals surface area contributed by atoms with Gasteiger partial charge in [0.05, 0.1) is 17.7 Å². The van der Waals surface area contributed by atoms with E-state index in [1.165, 1.54) is 4.40 Å². The molecule has 0 radical (unpaired) electrons. The van der Waals surface area contributed by atoms with Crippen LogP contribution < -0.4 is 5.56 Å². The summed E-state index contributed by atoms with van der Waals surface area (Å²) in [5.41, 5.74) is 0.974. The number of rotatable bonds is 4. The van der Waals surface area contributed by atoms with Gasteiger partial charge in [-0.15, -0.1) is 0 Å². The van der Waals surface area contributed by atoms with E-state index in [0.29, 0.717) is 25.3 Å². The molecule has 26 heavy (non-hydrogen) atoms. The predicted molar refractivity (Wildman–Crippen MR) is 96.7 cm³/mol. The zero-order valence-corrected chi connectivity index (χ0v) is 14.8. The lowest BCUT2D eigenvalue weighted by molar-refractivity contribution is -0.146. The topological polar surface area (TPSA) is 78.2 Å². The van der Waals surface area contributed by atoms with E-state index in [9.17, 15) is 14.7 Å². The number of aromatic nitrogens is 2. The van der Waals surface area contributed by atoms with Gasteiger partial charge in [0.25, 0.3) is 5.56 Å². The molecule has 2 aliphatic rings. The number of pyridine rings is 1. The predicted octanol–water partition coefficient (Wildman–Crippen LogP) is 0.501. The summed E-state index contributed by atoms with van der Waals surface area (Å²) < 4.78 is 1.53. The van der Waals surface area contributed by atoms with Gasteiger partial charge < -0.3 is 10.0 Å². The molecule has 4 heterocycles. The number of carbonyl (C=O) groups excluding carboxylic acids is 1. The second-order valence-corrected chi connectivity index (χ2v) is 7.37. The van der Waals surface area contributed by atoms with Crippen LogP contribution >= 0.6 is 0 Å². The molecule has 2 fully saturated rings. The quantitative estimate of drug-likeness (QED) is 0.863. The van der Waals surface area contributed by atoms with Gasteiger partial charge in [-0.2, -0.15) is 0 Å². The third-order valence-corrected chi connectivity index (χ3v) is 5.64. The van der Waals surface area contributed by atoms with Gasteiger partial charge in [-0.3, -0.25) is 18.9 Å². The Kier molecular flexibility index (Phi) is 4.50. The highest BCUT2D eigenvalue weighted by Gasteiger charge is 2.48. The largest absolute Gasteiger partial charge is 0.395 e. The summed E-state index contributed by atoms with van der Waals surface area (Å²) in [4.78, 5) is 33.8. The molecule has 2 aromatic heterocycles. The molecule has 1 amide bonds. The maximum Gasteiger partial charge on any atom is 0.258 e. The molecule has 2 aliphatic heterocycles. The number of fused-ring (bicyclic) bond motifs is 1. The molecule has 1 spiro atoms. The van der Waals surface area contributed by atoms with Crippen LogP contribution in [-0.2, 0) is 11.3 Å². The average Bonchev–Trinajstić information content (AvgIpc) is 3.03. The van der Waals surface area contributed by atoms with E-state index in [-0.39, 0.29) is 23.5 Å². The minimum atomic E-state index is -0.334. The lowest BCUT2D eigenvalue weighted by Gasteiger charge is -2.39. The summed E-state index contributed by atoms with van der Waals surface area (Å²) >= 11 is 0. The van der Waals surface area contributed by atoms with Crippen LogP contribution in [-0.4, -0.2) is 63.0 Å². The fourth-order valence-corrected chi connectivity index (χ4v) is 4.37. The minimum Gasteiger partial charge on any atom is -0.395 e. The first kappa shape index (κ1) is 17.2. The number of carbonyl (C=O) groups is 1. The van der Waals surface area contributed by atoms with Gasteiger partial charge in [0.1, 0.15) is 5.65 Å². The SMILES string of the molecule is O=C1N(CCO)CCC[C@@]12CCN(Cc1cc(=O)n3ccccc3n1)C2. The van der Waals surface area contributed by atoms with E-state index in [4.69, 9.17) is 0 Å². The number of hydrogen-bond acceptors (Lipinski definition) is 5. The molecule has 0 saturated carbocycles. The van der Waals surface area contributed by atoms with Crippen molar-refractivity contribution in [1.29, 1.82) is 0 Å². The van der Waals surface area contributed by atoms with Crippen molar-refractivity contribution < 1.29 is 9.90 Å². The molecule has 1 atom stereocenters. The smallest absolute Gasteiger partial charge is 0.258 e. The average molecular weight is 356 g/mol. The molecule has 0 aliphatic carbocycles. The van der Waals surface area contributed by atoms with Gasteiger partial charge in [-0.05, 0) is 37.9 Å². The van der Waals surface area contributed by atoms with Crippen molar-refractivity contribution in [3.05, 3.63) is 46.5 Å². The molecule has 2 aromatic rings. The van der Waals surface area contributed by atoms with Gasteiger partial charge >= 0.3 is 0 Å². The first-order valence-corrected chi connectivity index (χ1v) is 9.21. The van der Waals surface area contributed by atoms with Crippen molar-refractivity contribution in [3.8, 4) is 0 Å². The van der Waals surface area contributed by atoms with Gasteiger partial charge in [0, 0.05) is 38.4 Å². The Hall–Kier alpha value is -2.25. The first-order chi connectivity index (χ1) is 12.6. The molecule has 0 aromatic carbocycles. The van der Waals surface area contributed by atoms with Gasteiger partial charge in [-0.25, -0.2) is 4.98 Å². The van der Waals surface area contributed by atoms with Crippen molar-refractivity contribution in [3.63, 3.8) is 0 Å². The number of amides is 1. The maximum absolute atomic E-state index is 12.9. The van der Waals surface area contributed by atoms with E-state index in [1.54, 1.807) is 17.2 Å². The molecule has 1 N–H and O–H groups in total. The Morgan fingerprint density at radius 3 is 2.92 bits per heavy atom. The molecule has 7 nitrogen and oxygen atoms in total. The van der Waals surface area contributed by atoms with Crippen molar-refractivity contribution in [2.75, 3.05) is 32.8 Å². The number of β-amino-alcohol motifs (C(OH)–C–C–N with tert-alkyl or cyclic N) is 1. The first-order valence-electron chi connectivity index (χ1n) is 9.21. The number of nitrogens with zero attached hydrogens (tertiary/aromatic N) is 4. The van der Waals surface area contributed by atoms with E-state index in [1.807, 2.05) is 18.2 Å². The number of hydrogen-bond donors (Lipinski definition) is 1. The second kappa shape index (κ2) is 6.81.